The predicted molar refractivity (Wildman–Crippen MR) is 58.3 cm³/mol. The van der Waals surface area contributed by atoms with Gasteiger partial charge in [0.1, 0.15) is 0 Å². The first-order valence-electron chi connectivity index (χ1n) is 6.35. The molecular formula is C12H17NO4. The Bertz CT molecular complexity index is 350. The number of carboxylic acid groups (broad SMARTS) is 1. The van der Waals surface area contributed by atoms with E-state index in [-0.39, 0.29) is 18.1 Å². The minimum Gasteiger partial charge on any atom is -0.481 e. The second-order valence-corrected chi connectivity index (χ2v) is 5.21. The van der Waals surface area contributed by atoms with E-state index in [0.29, 0.717) is 0 Å². The number of ether oxygens (including phenoxy) is 1. The van der Waals surface area contributed by atoms with Gasteiger partial charge in [-0.05, 0) is 25.7 Å². The second kappa shape index (κ2) is 3.98. The van der Waals surface area contributed by atoms with Gasteiger partial charge in [-0.25, -0.2) is 0 Å². The number of nitrogens with zero attached hydrogens (tertiary/aromatic N) is 1. The summed E-state index contributed by atoms with van der Waals surface area (Å²) in [6.45, 7) is 1.55. The molecule has 94 valence electrons. The maximum atomic E-state index is 12.3. The van der Waals surface area contributed by atoms with Crippen LogP contribution in [0.1, 0.15) is 25.7 Å². The van der Waals surface area contributed by atoms with Crippen molar-refractivity contribution in [1.82, 2.24) is 4.90 Å². The van der Waals surface area contributed by atoms with E-state index in [1.54, 1.807) is 0 Å². The summed E-state index contributed by atoms with van der Waals surface area (Å²) in [6.07, 6.45) is 3.28. The molecule has 0 aromatic carbocycles. The Morgan fingerprint density at radius 2 is 1.65 bits per heavy atom. The lowest BCUT2D eigenvalue weighted by atomic mass is 9.78. The number of likely N-dealkylation sites (tertiary alicyclic amines) is 1. The zero-order chi connectivity index (χ0) is 12.0. The molecule has 3 saturated heterocycles. The summed E-state index contributed by atoms with van der Waals surface area (Å²) < 4.78 is 5.61. The minimum absolute atomic E-state index is 0.00194. The first-order chi connectivity index (χ1) is 8.18. The normalized spacial score (nSPS) is 39.9. The molecular weight excluding hydrogens is 222 g/mol. The Labute approximate surface area is 99.7 Å². The third kappa shape index (κ3) is 1.64. The zero-order valence-corrected chi connectivity index (χ0v) is 9.67. The highest BCUT2D eigenvalue weighted by atomic mass is 16.5. The quantitative estimate of drug-likeness (QED) is 0.761. The number of fused-ring (bicyclic) bond motifs is 2. The van der Waals surface area contributed by atoms with Gasteiger partial charge in [0, 0.05) is 13.1 Å². The van der Waals surface area contributed by atoms with Crippen LogP contribution >= 0.6 is 0 Å². The van der Waals surface area contributed by atoms with Crippen molar-refractivity contribution in [2.24, 2.45) is 11.8 Å². The van der Waals surface area contributed by atoms with Gasteiger partial charge in [-0.15, -0.1) is 0 Å². The molecule has 0 aromatic rings. The molecule has 0 spiro atoms. The van der Waals surface area contributed by atoms with Crippen LogP contribution in [0, 0.1) is 11.8 Å². The number of carboxylic acids is 1. The summed E-state index contributed by atoms with van der Waals surface area (Å²) in [5.74, 6) is -1.94. The number of rotatable bonds is 2. The van der Waals surface area contributed by atoms with Crippen molar-refractivity contribution >= 4 is 11.9 Å². The Kier molecular flexibility index (Phi) is 2.58. The van der Waals surface area contributed by atoms with Crippen molar-refractivity contribution in [3.63, 3.8) is 0 Å². The zero-order valence-electron chi connectivity index (χ0n) is 9.67. The van der Waals surface area contributed by atoms with Crippen LogP contribution < -0.4 is 0 Å². The van der Waals surface area contributed by atoms with Crippen LogP contribution in [0.2, 0.25) is 0 Å². The second-order valence-electron chi connectivity index (χ2n) is 5.21. The molecule has 0 saturated carbocycles. The van der Waals surface area contributed by atoms with Crippen molar-refractivity contribution in [3.05, 3.63) is 0 Å². The largest absolute Gasteiger partial charge is 0.481 e. The van der Waals surface area contributed by atoms with Crippen molar-refractivity contribution < 1.29 is 19.4 Å². The highest BCUT2D eigenvalue weighted by molar-refractivity contribution is 5.86. The fraction of sp³-hybridized carbons (Fsp3) is 0.833. The number of aliphatic carboxylic acids is 1. The molecule has 0 aliphatic carbocycles. The average molecular weight is 239 g/mol. The van der Waals surface area contributed by atoms with Gasteiger partial charge >= 0.3 is 5.97 Å². The Morgan fingerprint density at radius 1 is 1.06 bits per heavy atom. The maximum absolute atomic E-state index is 12.3. The number of amides is 1. The summed E-state index contributed by atoms with van der Waals surface area (Å²) in [4.78, 5) is 25.4. The predicted octanol–water partition coefficient (Wildman–Crippen LogP) is 0.487. The molecule has 3 fully saturated rings. The first kappa shape index (κ1) is 11.0. The molecule has 5 heteroatoms. The van der Waals surface area contributed by atoms with Crippen LogP contribution in [0.3, 0.4) is 0 Å². The lowest BCUT2D eigenvalue weighted by Crippen LogP contribution is -2.44. The molecule has 0 radical (unpaired) electrons. The lowest BCUT2D eigenvalue weighted by Gasteiger charge is -2.27. The van der Waals surface area contributed by atoms with Gasteiger partial charge in [0.05, 0.1) is 24.0 Å². The van der Waals surface area contributed by atoms with E-state index in [9.17, 15) is 14.7 Å². The molecule has 1 amide bonds. The molecule has 2 bridgehead atoms. The molecule has 3 aliphatic rings. The number of hydrogen-bond donors (Lipinski definition) is 1. The topological polar surface area (TPSA) is 66.8 Å². The van der Waals surface area contributed by atoms with Crippen LogP contribution in [0.4, 0.5) is 0 Å². The van der Waals surface area contributed by atoms with Gasteiger partial charge in [-0.3, -0.25) is 9.59 Å². The summed E-state index contributed by atoms with van der Waals surface area (Å²) in [7, 11) is 0. The fourth-order valence-corrected chi connectivity index (χ4v) is 3.45. The van der Waals surface area contributed by atoms with Crippen LogP contribution in [-0.2, 0) is 14.3 Å². The van der Waals surface area contributed by atoms with Crippen LogP contribution in [-0.4, -0.2) is 47.2 Å². The van der Waals surface area contributed by atoms with Gasteiger partial charge in [0.15, 0.2) is 0 Å². The molecule has 5 nitrogen and oxygen atoms in total. The van der Waals surface area contributed by atoms with E-state index >= 15 is 0 Å². The van der Waals surface area contributed by atoms with Gasteiger partial charge < -0.3 is 14.7 Å². The number of hydrogen-bond acceptors (Lipinski definition) is 3. The van der Waals surface area contributed by atoms with Gasteiger partial charge in [0.2, 0.25) is 5.91 Å². The summed E-state index contributed by atoms with van der Waals surface area (Å²) in [6, 6.07) is 0. The van der Waals surface area contributed by atoms with E-state index in [0.717, 1.165) is 38.8 Å². The Balaban J connectivity index is 1.80. The van der Waals surface area contributed by atoms with Crippen molar-refractivity contribution in [2.75, 3.05) is 13.1 Å². The Hall–Kier alpha value is -1.10. The van der Waals surface area contributed by atoms with Crippen LogP contribution in [0.5, 0.6) is 0 Å². The van der Waals surface area contributed by atoms with E-state index in [4.69, 9.17) is 4.74 Å². The first-order valence-corrected chi connectivity index (χ1v) is 6.35. The maximum Gasteiger partial charge on any atom is 0.310 e. The Morgan fingerprint density at radius 3 is 2.24 bits per heavy atom. The standard InChI is InChI=1S/C12H17NO4/c14-11(13-5-1-2-6-13)9-7-3-4-8(17-7)10(9)12(15)16/h7-10H,1-6H2,(H,15,16)/t7-,8-,9-,10-/m1/s1. The highest BCUT2D eigenvalue weighted by Gasteiger charge is 2.56. The molecule has 3 rings (SSSR count). The van der Waals surface area contributed by atoms with Crippen LogP contribution in [0.25, 0.3) is 0 Å². The SMILES string of the molecule is O=C(O)[C@H]1[C@H](C(=O)N2CCCC2)[C@H]2CC[C@H]1O2. The fourth-order valence-electron chi connectivity index (χ4n) is 3.45. The third-order valence-electron chi connectivity index (χ3n) is 4.26. The number of carbonyl (C=O) groups excluding carboxylic acids is 1. The van der Waals surface area contributed by atoms with Crippen molar-refractivity contribution in [3.8, 4) is 0 Å². The number of carbonyl (C=O) groups is 2. The third-order valence-corrected chi connectivity index (χ3v) is 4.26. The monoisotopic (exact) mass is 239 g/mol. The highest BCUT2D eigenvalue weighted by Crippen LogP contribution is 2.44. The molecule has 1 N–H and O–H groups in total. The molecule has 0 aromatic heterocycles. The molecule has 17 heavy (non-hydrogen) atoms. The minimum atomic E-state index is -0.880. The van der Waals surface area contributed by atoms with Gasteiger partial charge in [0.25, 0.3) is 0 Å². The molecule has 4 atom stereocenters. The summed E-state index contributed by atoms with van der Waals surface area (Å²) in [5, 5.41) is 9.25. The van der Waals surface area contributed by atoms with E-state index in [1.165, 1.54) is 0 Å². The molecule has 3 heterocycles. The smallest absolute Gasteiger partial charge is 0.310 e. The lowest BCUT2D eigenvalue weighted by molar-refractivity contribution is -0.150. The van der Waals surface area contributed by atoms with Gasteiger partial charge in [-0.1, -0.05) is 0 Å². The summed E-state index contributed by atoms with van der Waals surface area (Å²) >= 11 is 0. The van der Waals surface area contributed by atoms with Crippen molar-refractivity contribution in [2.45, 2.75) is 37.9 Å². The average Bonchev–Trinajstić information content (AvgIpc) is 3.02. The van der Waals surface area contributed by atoms with Gasteiger partial charge in [-0.2, -0.15) is 0 Å². The summed E-state index contributed by atoms with van der Waals surface area (Å²) in [5.41, 5.74) is 0. The van der Waals surface area contributed by atoms with E-state index in [2.05, 4.69) is 0 Å². The van der Waals surface area contributed by atoms with Crippen LogP contribution in [0.15, 0.2) is 0 Å². The molecule has 0 unspecified atom stereocenters. The van der Waals surface area contributed by atoms with Crippen molar-refractivity contribution in [1.29, 1.82) is 0 Å². The van der Waals surface area contributed by atoms with E-state index < -0.39 is 17.8 Å². The van der Waals surface area contributed by atoms with E-state index in [1.807, 2.05) is 4.90 Å². The molecule has 3 aliphatic heterocycles.